The van der Waals surface area contributed by atoms with Crippen molar-refractivity contribution < 1.29 is 14.4 Å². The predicted octanol–water partition coefficient (Wildman–Crippen LogP) is 5.77. The van der Waals surface area contributed by atoms with E-state index in [1.165, 1.54) is 5.56 Å². The summed E-state index contributed by atoms with van der Waals surface area (Å²) in [7, 11) is 0. The maximum absolute atomic E-state index is 13.5. The van der Waals surface area contributed by atoms with Crippen LogP contribution in [0.15, 0.2) is 64.3 Å². The number of carbonyl (C=O) groups excluding carboxylic acids is 1. The van der Waals surface area contributed by atoms with Crippen molar-refractivity contribution in [3.8, 4) is 5.75 Å². The van der Waals surface area contributed by atoms with Gasteiger partial charge in [0.1, 0.15) is 5.75 Å². The first-order valence-electron chi connectivity index (χ1n) is 10.8. The molecule has 5 nitrogen and oxygen atoms in total. The molecule has 0 unspecified atom stereocenters. The molecule has 1 aliphatic heterocycles. The van der Waals surface area contributed by atoms with E-state index in [1.54, 1.807) is 12.1 Å². The largest absolute Gasteiger partial charge is 0.508 e. The van der Waals surface area contributed by atoms with Gasteiger partial charge in [-0.2, -0.15) is 0 Å². The van der Waals surface area contributed by atoms with Gasteiger partial charge in [-0.05, 0) is 42.0 Å². The molecule has 2 atom stereocenters. The van der Waals surface area contributed by atoms with Crippen molar-refractivity contribution in [2.45, 2.75) is 51.4 Å². The van der Waals surface area contributed by atoms with Crippen LogP contribution in [-0.4, -0.2) is 16.0 Å². The number of hydrogen-bond acceptors (Lipinski definition) is 5. The molecule has 0 saturated heterocycles. The SMILES string of the molecule is Cc1noc2c1[C@@H](c1ccc(C(C)C)cc1)C1=C(C[C@H](c3ccccc3O)CC1=O)N2. The Bertz CT molecular complexity index is 1190. The van der Waals surface area contributed by atoms with Crippen LogP contribution in [0, 0.1) is 6.92 Å². The molecule has 3 aromatic rings. The Kier molecular flexibility index (Phi) is 4.69. The zero-order chi connectivity index (χ0) is 21.7. The number of aromatic nitrogens is 1. The Morgan fingerprint density at radius 1 is 1.10 bits per heavy atom. The van der Waals surface area contributed by atoms with Gasteiger partial charge in [-0.1, -0.05) is 61.5 Å². The molecule has 0 bridgehead atoms. The zero-order valence-corrected chi connectivity index (χ0v) is 18.0. The Morgan fingerprint density at radius 3 is 2.55 bits per heavy atom. The van der Waals surface area contributed by atoms with Crippen LogP contribution in [0.5, 0.6) is 5.75 Å². The molecule has 31 heavy (non-hydrogen) atoms. The fourth-order valence-electron chi connectivity index (χ4n) is 4.93. The maximum atomic E-state index is 13.5. The van der Waals surface area contributed by atoms with Crippen molar-refractivity contribution in [1.29, 1.82) is 0 Å². The Morgan fingerprint density at radius 2 is 1.84 bits per heavy atom. The number of hydrogen-bond donors (Lipinski definition) is 2. The van der Waals surface area contributed by atoms with Gasteiger partial charge in [-0.15, -0.1) is 0 Å². The van der Waals surface area contributed by atoms with Crippen LogP contribution < -0.4 is 5.32 Å². The lowest BCUT2D eigenvalue weighted by atomic mass is 9.72. The molecule has 5 rings (SSSR count). The molecule has 0 amide bonds. The van der Waals surface area contributed by atoms with Gasteiger partial charge in [0.25, 0.3) is 0 Å². The Hall–Kier alpha value is -3.34. The molecule has 1 aliphatic carbocycles. The number of aryl methyl sites for hydroxylation is 1. The van der Waals surface area contributed by atoms with Gasteiger partial charge in [-0.25, -0.2) is 0 Å². The number of phenols is 1. The third-order valence-electron chi connectivity index (χ3n) is 6.57. The van der Waals surface area contributed by atoms with Crippen LogP contribution in [0.4, 0.5) is 5.88 Å². The Labute approximate surface area is 181 Å². The van der Waals surface area contributed by atoms with Crippen LogP contribution in [0.25, 0.3) is 0 Å². The molecular weight excluding hydrogens is 388 g/mol. The summed E-state index contributed by atoms with van der Waals surface area (Å²) < 4.78 is 5.59. The summed E-state index contributed by atoms with van der Waals surface area (Å²) in [4.78, 5) is 13.5. The molecule has 2 aromatic carbocycles. The predicted molar refractivity (Wildman–Crippen MR) is 119 cm³/mol. The van der Waals surface area contributed by atoms with E-state index in [0.717, 1.165) is 33.7 Å². The number of fused-ring (bicyclic) bond motifs is 1. The summed E-state index contributed by atoms with van der Waals surface area (Å²) in [6.07, 6.45) is 1.01. The van der Waals surface area contributed by atoms with Gasteiger partial charge in [0.2, 0.25) is 5.88 Å². The first-order valence-corrected chi connectivity index (χ1v) is 10.8. The molecule has 5 heteroatoms. The third kappa shape index (κ3) is 3.25. The average molecular weight is 415 g/mol. The molecular formula is C26H26N2O3. The van der Waals surface area contributed by atoms with E-state index in [1.807, 2.05) is 19.1 Å². The number of aromatic hydroxyl groups is 1. The number of nitrogens with one attached hydrogen (secondary N) is 1. The third-order valence-corrected chi connectivity index (χ3v) is 6.57. The zero-order valence-electron chi connectivity index (χ0n) is 18.0. The van der Waals surface area contributed by atoms with Crippen molar-refractivity contribution >= 4 is 11.7 Å². The fraction of sp³-hybridized carbons (Fsp3) is 0.308. The lowest BCUT2D eigenvalue weighted by Gasteiger charge is -2.34. The number of para-hydroxylation sites is 1. The van der Waals surface area contributed by atoms with Crippen molar-refractivity contribution in [2.75, 3.05) is 5.32 Å². The minimum absolute atomic E-state index is 0.0746. The number of rotatable bonds is 3. The van der Waals surface area contributed by atoms with E-state index in [-0.39, 0.29) is 23.4 Å². The first-order chi connectivity index (χ1) is 14.9. The van der Waals surface area contributed by atoms with Gasteiger partial charge >= 0.3 is 0 Å². The summed E-state index contributed by atoms with van der Waals surface area (Å²) in [5.41, 5.74) is 6.53. The summed E-state index contributed by atoms with van der Waals surface area (Å²) in [6, 6.07) is 15.8. The molecule has 1 aromatic heterocycles. The van der Waals surface area contributed by atoms with E-state index in [9.17, 15) is 9.90 Å². The minimum Gasteiger partial charge on any atom is -0.508 e. The monoisotopic (exact) mass is 414 g/mol. The summed E-state index contributed by atoms with van der Waals surface area (Å²) >= 11 is 0. The molecule has 0 fully saturated rings. The number of nitrogens with zero attached hydrogens (tertiary/aromatic N) is 1. The van der Waals surface area contributed by atoms with Crippen LogP contribution in [0.3, 0.4) is 0 Å². The van der Waals surface area contributed by atoms with Crippen LogP contribution in [-0.2, 0) is 4.79 Å². The highest BCUT2D eigenvalue weighted by Gasteiger charge is 2.41. The van der Waals surface area contributed by atoms with E-state index in [0.29, 0.717) is 24.6 Å². The molecule has 158 valence electrons. The second-order valence-electron chi connectivity index (χ2n) is 8.87. The standard InChI is InChI=1S/C26H26N2O3/c1-14(2)16-8-10-17(11-9-16)24-23-15(3)28-31-26(23)27-20-12-18(13-22(30)25(20)24)19-6-4-5-7-21(19)29/h4-11,14,18,24,27,29H,12-13H2,1-3H3/t18-,24+/m0/s1. The van der Waals surface area contributed by atoms with Crippen LogP contribution in [0.1, 0.15) is 72.4 Å². The summed E-state index contributed by atoms with van der Waals surface area (Å²) in [6.45, 7) is 6.27. The lowest BCUT2D eigenvalue weighted by molar-refractivity contribution is -0.116. The first kappa shape index (κ1) is 19.6. The van der Waals surface area contributed by atoms with E-state index < -0.39 is 0 Å². The van der Waals surface area contributed by atoms with Crippen molar-refractivity contribution in [2.24, 2.45) is 0 Å². The Balaban J connectivity index is 1.61. The normalized spacial score (nSPS) is 20.5. The van der Waals surface area contributed by atoms with Crippen LogP contribution in [0.2, 0.25) is 0 Å². The van der Waals surface area contributed by atoms with E-state index in [4.69, 9.17) is 4.52 Å². The highest BCUT2D eigenvalue weighted by Crippen LogP contribution is 2.49. The van der Waals surface area contributed by atoms with E-state index >= 15 is 0 Å². The molecule has 2 N–H and O–H groups in total. The van der Waals surface area contributed by atoms with Crippen molar-refractivity contribution in [3.05, 3.63) is 87.7 Å². The van der Waals surface area contributed by atoms with Gasteiger partial charge in [-0.3, -0.25) is 4.79 Å². The van der Waals surface area contributed by atoms with Gasteiger partial charge in [0.15, 0.2) is 5.78 Å². The number of anilines is 1. The smallest absolute Gasteiger partial charge is 0.233 e. The number of carbonyl (C=O) groups is 1. The van der Waals surface area contributed by atoms with Crippen molar-refractivity contribution in [3.63, 3.8) is 0 Å². The maximum Gasteiger partial charge on any atom is 0.233 e. The number of Topliss-reactive ketones (excluding diaryl/α,β-unsaturated/α-hetero) is 1. The number of ketones is 1. The highest BCUT2D eigenvalue weighted by molar-refractivity contribution is 6.01. The topological polar surface area (TPSA) is 75.4 Å². The second kappa shape index (κ2) is 7.41. The minimum atomic E-state index is -0.198. The van der Waals surface area contributed by atoms with Gasteiger partial charge in [0, 0.05) is 29.5 Å². The van der Waals surface area contributed by atoms with E-state index in [2.05, 4.69) is 48.6 Å². The van der Waals surface area contributed by atoms with Crippen molar-refractivity contribution in [1.82, 2.24) is 5.16 Å². The van der Waals surface area contributed by atoms with Gasteiger partial charge in [0.05, 0.1) is 11.3 Å². The lowest BCUT2D eigenvalue weighted by Crippen LogP contribution is -2.29. The van der Waals surface area contributed by atoms with Gasteiger partial charge < -0.3 is 14.9 Å². The molecule has 0 saturated carbocycles. The average Bonchev–Trinajstić information content (AvgIpc) is 3.13. The summed E-state index contributed by atoms with van der Waals surface area (Å²) in [5.74, 6) is 1.12. The number of allylic oxidation sites excluding steroid dienone is 2. The summed E-state index contributed by atoms with van der Waals surface area (Å²) in [5, 5.41) is 17.9. The highest BCUT2D eigenvalue weighted by atomic mass is 16.5. The molecule has 0 spiro atoms. The number of benzene rings is 2. The number of phenolic OH excluding ortho intramolecular Hbond substituents is 1. The molecule has 2 aliphatic rings. The molecule has 2 heterocycles. The quantitative estimate of drug-likeness (QED) is 0.569. The van der Waals surface area contributed by atoms with Crippen LogP contribution >= 0.6 is 0 Å². The molecule has 0 radical (unpaired) electrons. The fourth-order valence-corrected chi connectivity index (χ4v) is 4.93. The second-order valence-corrected chi connectivity index (χ2v) is 8.87.